The van der Waals surface area contributed by atoms with Gasteiger partial charge in [-0.3, -0.25) is 9.36 Å². The van der Waals surface area contributed by atoms with Crippen LogP contribution >= 0.6 is 0 Å². The third-order valence-electron chi connectivity index (χ3n) is 8.16. The number of carbonyl (C=O) groups is 1. The van der Waals surface area contributed by atoms with Gasteiger partial charge in [-0.25, -0.2) is 15.0 Å². The van der Waals surface area contributed by atoms with Crippen molar-refractivity contribution in [2.45, 2.75) is 25.2 Å². The molecule has 1 atom stereocenters. The van der Waals surface area contributed by atoms with E-state index >= 15 is 0 Å². The van der Waals surface area contributed by atoms with E-state index in [0.717, 1.165) is 28.2 Å². The molecular weight excluding hydrogens is 606 g/mol. The predicted octanol–water partition coefficient (Wildman–Crippen LogP) is 6.77. The third-order valence-corrected chi connectivity index (χ3v) is 8.16. The highest BCUT2D eigenvalue weighted by Gasteiger charge is 2.39. The molecule has 2 aromatic heterocycles. The molecule has 0 spiro atoms. The van der Waals surface area contributed by atoms with E-state index < -0.39 is 11.8 Å². The van der Waals surface area contributed by atoms with Gasteiger partial charge in [0.15, 0.2) is 17.2 Å². The van der Waals surface area contributed by atoms with E-state index in [0.29, 0.717) is 22.8 Å². The highest BCUT2D eigenvalue weighted by Crippen LogP contribution is 2.42. The summed E-state index contributed by atoms with van der Waals surface area (Å²) in [7, 11) is 3.27. The van der Waals surface area contributed by atoms with Crippen molar-refractivity contribution in [1.82, 2.24) is 19.5 Å². The molecule has 243 valence electrons. The molecule has 2 N–H and O–H groups in total. The van der Waals surface area contributed by atoms with Crippen LogP contribution in [0.4, 0.5) is 5.82 Å². The summed E-state index contributed by atoms with van der Waals surface area (Å²) in [6.45, 7) is 1.91. The van der Waals surface area contributed by atoms with E-state index in [4.69, 9.17) is 24.7 Å². The zero-order valence-corrected chi connectivity index (χ0v) is 26.9. The Morgan fingerprint density at radius 3 is 1.92 bits per heavy atom. The highest BCUT2D eigenvalue weighted by atomic mass is 16.6. The van der Waals surface area contributed by atoms with Gasteiger partial charge in [-0.05, 0) is 47.9 Å². The number of carbonyl (C=O) groups excluding carboxylic acids is 1. The van der Waals surface area contributed by atoms with Crippen LogP contribution in [0.25, 0.3) is 11.2 Å². The number of nitrogens with two attached hydrogens (primary N) is 1. The van der Waals surface area contributed by atoms with Gasteiger partial charge in [0.2, 0.25) is 0 Å². The Balaban J connectivity index is 1.36. The first-order chi connectivity index (χ1) is 23.4. The number of ether oxygens (including phenoxy) is 4. The first-order valence-corrected chi connectivity index (χ1v) is 15.4. The Hall–Kier alpha value is -5.58. The molecule has 48 heavy (non-hydrogen) atoms. The quantitative estimate of drug-likeness (QED) is 0.101. The van der Waals surface area contributed by atoms with Gasteiger partial charge in [0, 0.05) is 5.56 Å². The van der Waals surface area contributed by atoms with E-state index in [2.05, 4.69) is 15.0 Å². The Labute approximate surface area is 279 Å². The molecule has 0 fully saturated rings. The van der Waals surface area contributed by atoms with Crippen molar-refractivity contribution in [3.05, 3.63) is 150 Å². The molecule has 4 aromatic carbocycles. The second-order valence-electron chi connectivity index (χ2n) is 11.1. The summed E-state index contributed by atoms with van der Waals surface area (Å²) in [4.78, 5) is 26.4. The number of benzene rings is 4. The average Bonchev–Trinajstić information content (AvgIpc) is 3.58. The fourth-order valence-electron chi connectivity index (χ4n) is 5.73. The molecule has 1 radical (unpaired) electrons. The number of ketones is 1. The molecule has 0 unspecified atom stereocenters. The second kappa shape index (κ2) is 14.5. The van der Waals surface area contributed by atoms with Crippen LogP contribution in [0, 0.1) is 6.10 Å². The molecule has 2 heterocycles. The lowest BCUT2D eigenvalue weighted by Crippen LogP contribution is -2.35. The number of Topliss-reactive ketones (excluding diaryl/α,β-unsaturated/α-hetero) is 1. The van der Waals surface area contributed by atoms with Crippen LogP contribution in [0.5, 0.6) is 11.5 Å². The van der Waals surface area contributed by atoms with Crippen LogP contribution < -0.4 is 15.2 Å². The topological polar surface area (TPSA) is 124 Å². The zero-order valence-electron chi connectivity index (χ0n) is 26.9. The number of hydrogen-bond acceptors (Lipinski definition) is 9. The Bertz CT molecular complexity index is 1900. The number of anilines is 1. The smallest absolute Gasteiger partial charge is 0.167 e. The maximum Gasteiger partial charge on any atom is 0.167 e. The summed E-state index contributed by atoms with van der Waals surface area (Å²) in [6, 6.07) is 34.7. The van der Waals surface area contributed by atoms with Crippen LogP contribution in [0.15, 0.2) is 122 Å². The van der Waals surface area contributed by atoms with Crippen molar-refractivity contribution in [2.75, 3.05) is 26.6 Å². The largest absolute Gasteiger partial charge is 0.497 e. The lowest BCUT2D eigenvalue weighted by molar-refractivity contribution is -0.0536. The van der Waals surface area contributed by atoms with Crippen molar-refractivity contribution in [3.63, 3.8) is 0 Å². The number of nitrogen functional groups attached to an aromatic ring is 1. The first-order valence-electron chi connectivity index (χ1n) is 15.4. The zero-order chi connectivity index (χ0) is 33.5. The molecule has 10 nitrogen and oxygen atoms in total. The molecular formula is C38H36N5O5. The molecule has 6 rings (SSSR count). The fourth-order valence-corrected chi connectivity index (χ4v) is 5.73. The maximum absolute atomic E-state index is 13.5. The average molecular weight is 643 g/mol. The molecule has 0 saturated carbocycles. The van der Waals surface area contributed by atoms with Gasteiger partial charge in [-0.2, -0.15) is 0 Å². The summed E-state index contributed by atoms with van der Waals surface area (Å²) in [5, 5.41) is 0. The van der Waals surface area contributed by atoms with E-state index in [9.17, 15) is 4.79 Å². The molecule has 6 aromatic rings. The third kappa shape index (κ3) is 6.62. The van der Waals surface area contributed by atoms with E-state index in [1.807, 2.05) is 104 Å². The first kappa shape index (κ1) is 32.4. The Morgan fingerprint density at radius 1 is 0.771 bits per heavy atom. The second-order valence-corrected chi connectivity index (χ2v) is 11.1. The number of imidazole rings is 1. The maximum atomic E-state index is 13.5. The van der Waals surface area contributed by atoms with Crippen molar-refractivity contribution < 1.29 is 23.7 Å². The van der Waals surface area contributed by atoms with Crippen LogP contribution in [0.1, 0.15) is 46.6 Å². The van der Waals surface area contributed by atoms with Crippen molar-refractivity contribution in [3.8, 4) is 11.5 Å². The summed E-state index contributed by atoms with van der Waals surface area (Å²) in [5.41, 5.74) is 9.17. The number of fused-ring (bicyclic) bond motifs is 1. The normalized spacial score (nSPS) is 12.2. The van der Waals surface area contributed by atoms with Gasteiger partial charge in [0.25, 0.3) is 0 Å². The molecule has 0 saturated heterocycles. The Kier molecular flexibility index (Phi) is 9.75. The molecule has 10 heteroatoms. The van der Waals surface area contributed by atoms with Crippen LogP contribution in [0.2, 0.25) is 0 Å². The summed E-state index contributed by atoms with van der Waals surface area (Å²) >= 11 is 0. The lowest BCUT2D eigenvalue weighted by Gasteiger charge is -2.37. The Morgan fingerprint density at radius 2 is 1.33 bits per heavy atom. The minimum absolute atomic E-state index is 0.0114. The fraction of sp³-hybridized carbons (Fsp3) is 0.184. The number of hydrogen-bond donors (Lipinski definition) is 1. The minimum Gasteiger partial charge on any atom is -0.497 e. The summed E-state index contributed by atoms with van der Waals surface area (Å²) in [6.07, 6.45) is 2.68. The van der Waals surface area contributed by atoms with Gasteiger partial charge in [-0.15, -0.1) is 0 Å². The molecule has 0 aliphatic carbocycles. The standard InChI is InChI=1S/C38H36N5O5/c1-26(48-34(22-33(44)27-10-6-4-7-11-27)43-25-42-35-36(39)40-24-41-37(35)43)23-47-38(28-12-8-5-9-13-28,29-14-18-31(45-2)19-15-29)30-16-20-32(46-3)21-17-30/h4-21,24-25,34H,22-23H2,1-3H3,(H2,39,40,41)/t34-/m1/s1. The number of nitrogens with zero attached hydrogens (tertiary/aromatic N) is 4. The molecule has 0 amide bonds. The van der Waals surface area contributed by atoms with Gasteiger partial charge in [0.1, 0.15) is 41.3 Å². The van der Waals surface area contributed by atoms with Crippen LogP contribution in [-0.4, -0.2) is 46.1 Å². The van der Waals surface area contributed by atoms with Crippen molar-refractivity contribution in [2.24, 2.45) is 0 Å². The number of aromatic nitrogens is 4. The number of methoxy groups -OCH3 is 2. The molecule has 0 aliphatic heterocycles. The van der Waals surface area contributed by atoms with E-state index in [1.165, 1.54) is 6.33 Å². The predicted molar refractivity (Wildman–Crippen MR) is 182 cm³/mol. The lowest BCUT2D eigenvalue weighted by atomic mass is 9.80. The SMILES string of the molecule is COc1ccc(C(OC[C](C)O[C@H](CC(=O)c2ccccc2)n2cnc3c(N)ncnc32)(c2ccccc2)c2ccc(OC)cc2)cc1. The molecule has 0 aliphatic rings. The van der Waals surface area contributed by atoms with Gasteiger partial charge >= 0.3 is 0 Å². The summed E-state index contributed by atoms with van der Waals surface area (Å²) < 4.78 is 26.2. The van der Waals surface area contributed by atoms with Crippen LogP contribution in [0.3, 0.4) is 0 Å². The summed E-state index contributed by atoms with van der Waals surface area (Å²) in [5.74, 6) is 1.59. The van der Waals surface area contributed by atoms with E-state index in [1.54, 1.807) is 37.2 Å². The number of rotatable bonds is 14. The van der Waals surface area contributed by atoms with Crippen LogP contribution in [-0.2, 0) is 15.1 Å². The minimum atomic E-state index is -1.05. The van der Waals surface area contributed by atoms with Gasteiger partial charge in [0.05, 0.1) is 33.6 Å². The monoisotopic (exact) mass is 642 g/mol. The van der Waals surface area contributed by atoms with Gasteiger partial charge in [-0.1, -0.05) is 84.9 Å². The molecule has 0 bridgehead atoms. The van der Waals surface area contributed by atoms with Crippen molar-refractivity contribution >= 4 is 22.8 Å². The highest BCUT2D eigenvalue weighted by molar-refractivity contribution is 5.96. The van der Waals surface area contributed by atoms with Gasteiger partial charge < -0.3 is 24.7 Å². The van der Waals surface area contributed by atoms with E-state index in [-0.39, 0.29) is 24.6 Å². The van der Waals surface area contributed by atoms with Crippen molar-refractivity contribution in [1.29, 1.82) is 0 Å².